The Hall–Kier alpha value is -1.93. The molecule has 0 aliphatic heterocycles. The van der Waals surface area contributed by atoms with E-state index >= 15 is 0 Å². The van der Waals surface area contributed by atoms with Crippen LogP contribution in [-0.4, -0.2) is 5.78 Å². The number of ketones is 1. The van der Waals surface area contributed by atoms with Gasteiger partial charge in [-0.1, -0.05) is 49.7 Å². The normalized spacial score (nSPS) is 10.9. The second-order valence-electron chi connectivity index (χ2n) is 5.21. The van der Waals surface area contributed by atoms with Gasteiger partial charge in [0.1, 0.15) is 0 Å². The number of fused-ring (bicyclic) bond motifs is 1. The van der Waals surface area contributed by atoms with Crippen LogP contribution in [0, 0.1) is 0 Å². The Kier molecular flexibility index (Phi) is 4.16. The first-order valence-corrected chi connectivity index (χ1v) is 8.28. The molecule has 0 amide bonds. The van der Waals surface area contributed by atoms with Gasteiger partial charge in [0.15, 0.2) is 5.78 Å². The maximum atomic E-state index is 12.7. The topological polar surface area (TPSA) is 17.1 Å². The molecule has 0 bridgehead atoms. The van der Waals surface area contributed by atoms with Crippen LogP contribution in [0.2, 0.25) is 0 Å². The molecule has 0 aliphatic carbocycles. The van der Waals surface area contributed by atoms with Crippen molar-refractivity contribution in [3.05, 3.63) is 59.5 Å². The third-order valence-corrected chi connectivity index (χ3v) is 4.64. The Bertz CT molecular complexity index is 756. The summed E-state index contributed by atoms with van der Waals surface area (Å²) in [6.45, 7) is 2.12. The molecule has 0 N–H and O–H groups in total. The molecule has 1 nitrogen and oxygen atoms in total. The van der Waals surface area contributed by atoms with Gasteiger partial charge in [0, 0.05) is 22.1 Å². The summed E-state index contributed by atoms with van der Waals surface area (Å²) in [6, 6.07) is 16.5. The molecule has 2 aromatic carbocycles. The van der Waals surface area contributed by atoms with E-state index in [9.17, 15) is 4.79 Å². The molecule has 21 heavy (non-hydrogen) atoms. The number of Topliss-reactive ketones (excluding diaryl/α,β-unsaturated/α-hetero) is 1. The van der Waals surface area contributed by atoms with Crippen molar-refractivity contribution in [1.82, 2.24) is 0 Å². The molecule has 1 aromatic heterocycles. The third kappa shape index (κ3) is 2.77. The molecule has 3 aromatic rings. The van der Waals surface area contributed by atoms with Crippen molar-refractivity contribution in [2.75, 3.05) is 0 Å². The van der Waals surface area contributed by atoms with Crippen molar-refractivity contribution >= 4 is 27.2 Å². The molecular weight excluding hydrogens is 276 g/mol. The van der Waals surface area contributed by atoms with Gasteiger partial charge in [0.05, 0.1) is 0 Å². The molecular formula is C19H18OS. The Labute approximate surface area is 129 Å². The van der Waals surface area contributed by atoms with Gasteiger partial charge in [-0.15, -0.1) is 11.3 Å². The van der Waals surface area contributed by atoms with Gasteiger partial charge in [0.2, 0.25) is 0 Å². The zero-order valence-corrected chi connectivity index (χ0v) is 13.0. The summed E-state index contributed by atoms with van der Waals surface area (Å²) in [5.41, 5.74) is 3.07. The number of unbranched alkanes of at least 4 members (excludes halogenated alkanes) is 1. The molecule has 106 valence electrons. The average Bonchev–Trinajstić information content (AvgIpc) is 3.01. The van der Waals surface area contributed by atoms with Gasteiger partial charge in [-0.2, -0.15) is 0 Å². The molecule has 0 saturated carbocycles. The van der Waals surface area contributed by atoms with E-state index in [2.05, 4.69) is 42.6 Å². The molecule has 0 fully saturated rings. The smallest absolute Gasteiger partial charge is 0.164 e. The van der Waals surface area contributed by atoms with Gasteiger partial charge in [-0.3, -0.25) is 4.79 Å². The monoisotopic (exact) mass is 294 g/mol. The lowest BCUT2D eigenvalue weighted by Gasteiger charge is -2.11. The van der Waals surface area contributed by atoms with Gasteiger partial charge in [0.25, 0.3) is 0 Å². The minimum Gasteiger partial charge on any atom is -0.294 e. The highest BCUT2D eigenvalue weighted by Crippen LogP contribution is 2.34. The summed E-state index contributed by atoms with van der Waals surface area (Å²) >= 11 is 1.69. The number of benzene rings is 2. The largest absolute Gasteiger partial charge is 0.294 e. The molecule has 0 spiro atoms. The lowest BCUT2D eigenvalue weighted by atomic mass is 9.92. The zero-order chi connectivity index (χ0) is 14.7. The standard InChI is InChI=1S/C19H18OS/c1-2-3-9-17(20)19-15(14-7-5-4-6-8-14)10-11-18-16(19)12-13-21-18/h4-8,10-13H,2-3,9H2,1H3. The number of carbonyl (C=O) groups excluding carboxylic acids is 1. The van der Waals surface area contributed by atoms with Crippen molar-refractivity contribution in [1.29, 1.82) is 0 Å². The first-order valence-electron chi connectivity index (χ1n) is 7.40. The SMILES string of the molecule is CCCCC(=O)c1c(-c2ccccc2)ccc2sccc12. The van der Waals surface area contributed by atoms with Crippen LogP contribution in [-0.2, 0) is 0 Å². The second-order valence-corrected chi connectivity index (χ2v) is 6.16. The van der Waals surface area contributed by atoms with Gasteiger partial charge >= 0.3 is 0 Å². The number of hydrogen-bond acceptors (Lipinski definition) is 2. The lowest BCUT2D eigenvalue weighted by Crippen LogP contribution is -2.02. The van der Waals surface area contributed by atoms with Crippen LogP contribution in [0.5, 0.6) is 0 Å². The highest BCUT2D eigenvalue weighted by molar-refractivity contribution is 7.17. The Balaban J connectivity index is 2.17. The first-order chi connectivity index (χ1) is 10.3. The van der Waals surface area contributed by atoms with Crippen LogP contribution in [0.3, 0.4) is 0 Å². The third-order valence-electron chi connectivity index (χ3n) is 3.76. The Morgan fingerprint density at radius 1 is 1.05 bits per heavy atom. The predicted molar refractivity (Wildman–Crippen MR) is 91.1 cm³/mol. The molecule has 3 rings (SSSR count). The summed E-state index contributed by atoms with van der Waals surface area (Å²) in [5.74, 6) is 0.264. The highest BCUT2D eigenvalue weighted by Gasteiger charge is 2.16. The maximum absolute atomic E-state index is 12.7. The van der Waals surface area contributed by atoms with Gasteiger partial charge in [-0.05, 0) is 35.1 Å². The van der Waals surface area contributed by atoms with Crippen LogP contribution in [0.4, 0.5) is 0 Å². The predicted octanol–water partition coefficient (Wildman–Crippen LogP) is 5.94. The van der Waals surface area contributed by atoms with E-state index in [4.69, 9.17) is 0 Å². The fraction of sp³-hybridized carbons (Fsp3) is 0.211. The lowest BCUT2D eigenvalue weighted by molar-refractivity contribution is 0.0982. The van der Waals surface area contributed by atoms with E-state index in [-0.39, 0.29) is 5.78 Å². The van der Waals surface area contributed by atoms with E-state index in [0.717, 1.165) is 34.9 Å². The number of rotatable bonds is 5. The number of hydrogen-bond donors (Lipinski definition) is 0. The van der Waals surface area contributed by atoms with Crippen LogP contribution in [0.1, 0.15) is 36.5 Å². The first kappa shape index (κ1) is 14.0. The summed E-state index contributed by atoms with van der Waals surface area (Å²) in [5, 5.41) is 3.17. The van der Waals surface area contributed by atoms with E-state index in [0.29, 0.717) is 6.42 Å². The summed E-state index contributed by atoms with van der Waals surface area (Å²) in [6.07, 6.45) is 2.63. The summed E-state index contributed by atoms with van der Waals surface area (Å²) < 4.78 is 1.19. The fourth-order valence-corrected chi connectivity index (χ4v) is 3.46. The Morgan fingerprint density at radius 2 is 1.86 bits per heavy atom. The molecule has 1 heterocycles. The molecule has 0 atom stereocenters. The summed E-state index contributed by atoms with van der Waals surface area (Å²) in [4.78, 5) is 12.7. The van der Waals surface area contributed by atoms with E-state index in [1.807, 2.05) is 18.2 Å². The van der Waals surface area contributed by atoms with E-state index in [1.54, 1.807) is 11.3 Å². The number of thiophene rings is 1. The molecule has 0 aliphatic rings. The molecule has 0 saturated heterocycles. The van der Waals surface area contributed by atoms with Crippen LogP contribution in [0.25, 0.3) is 21.2 Å². The van der Waals surface area contributed by atoms with Crippen molar-refractivity contribution < 1.29 is 4.79 Å². The summed E-state index contributed by atoms with van der Waals surface area (Å²) in [7, 11) is 0. The minimum absolute atomic E-state index is 0.264. The average molecular weight is 294 g/mol. The van der Waals surface area contributed by atoms with Crippen LogP contribution >= 0.6 is 11.3 Å². The van der Waals surface area contributed by atoms with E-state index in [1.165, 1.54) is 4.70 Å². The maximum Gasteiger partial charge on any atom is 0.164 e. The highest BCUT2D eigenvalue weighted by atomic mass is 32.1. The van der Waals surface area contributed by atoms with Crippen molar-refractivity contribution in [3.63, 3.8) is 0 Å². The van der Waals surface area contributed by atoms with Crippen molar-refractivity contribution in [3.8, 4) is 11.1 Å². The van der Waals surface area contributed by atoms with Gasteiger partial charge < -0.3 is 0 Å². The molecule has 0 radical (unpaired) electrons. The van der Waals surface area contributed by atoms with E-state index < -0.39 is 0 Å². The molecule has 2 heteroatoms. The van der Waals surface area contributed by atoms with Gasteiger partial charge in [-0.25, -0.2) is 0 Å². The number of carbonyl (C=O) groups is 1. The van der Waals surface area contributed by atoms with Crippen LogP contribution < -0.4 is 0 Å². The van der Waals surface area contributed by atoms with Crippen molar-refractivity contribution in [2.45, 2.75) is 26.2 Å². The quantitative estimate of drug-likeness (QED) is 0.532. The minimum atomic E-state index is 0.264. The fourth-order valence-electron chi connectivity index (χ4n) is 2.67. The Morgan fingerprint density at radius 3 is 2.62 bits per heavy atom. The second kappa shape index (κ2) is 6.23. The van der Waals surface area contributed by atoms with Crippen LogP contribution in [0.15, 0.2) is 53.9 Å². The molecule has 0 unspecified atom stereocenters. The van der Waals surface area contributed by atoms with Crippen molar-refractivity contribution in [2.24, 2.45) is 0 Å². The zero-order valence-electron chi connectivity index (χ0n) is 12.1.